The molecule has 0 spiro atoms. The van der Waals surface area contributed by atoms with Crippen molar-refractivity contribution in [2.24, 2.45) is 5.10 Å². The molecule has 1 aliphatic heterocycles. The standard InChI is InChI=1S/C11H11BrN2O2S/c12-7-1-2-10(15)9(5-7)11(16)14-13-8-3-4-17-6-8/h1-2,5,15H,3-4,6H2,(H,14,16)/b13-8+. The van der Waals surface area contributed by atoms with E-state index in [0.29, 0.717) is 0 Å². The molecule has 0 aliphatic carbocycles. The van der Waals surface area contributed by atoms with Gasteiger partial charge in [0.15, 0.2) is 0 Å². The maximum atomic E-state index is 11.8. The topological polar surface area (TPSA) is 61.7 Å². The number of hydrazone groups is 1. The molecule has 0 aromatic heterocycles. The lowest BCUT2D eigenvalue weighted by Crippen LogP contribution is -2.19. The highest BCUT2D eigenvalue weighted by molar-refractivity contribution is 9.10. The molecule has 4 nitrogen and oxygen atoms in total. The van der Waals surface area contributed by atoms with Crippen molar-refractivity contribution in [3.8, 4) is 5.75 Å². The Hall–Kier alpha value is -1.01. The Morgan fingerprint density at radius 3 is 3.06 bits per heavy atom. The van der Waals surface area contributed by atoms with E-state index >= 15 is 0 Å². The maximum Gasteiger partial charge on any atom is 0.275 e. The molecule has 0 radical (unpaired) electrons. The van der Waals surface area contributed by atoms with Gasteiger partial charge in [-0.05, 0) is 30.4 Å². The molecule has 6 heteroatoms. The van der Waals surface area contributed by atoms with Crippen LogP contribution < -0.4 is 5.43 Å². The fourth-order valence-corrected chi connectivity index (χ4v) is 2.75. The van der Waals surface area contributed by atoms with Crippen LogP contribution in [0.25, 0.3) is 0 Å². The summed E-state index contributed by atoms with van der Waals surface area (Å²) in [5.74, 6) is 1.47. The third-order valence-electron chi connectivity index (χ3n) is 2.32. The van der Waals surface area contributed by atoms with Crippen LogP contribution in [-0.2, 0) is 0 Å². The molecule has 17 heavy (non-hydrogen) atoms. The van der Waals surface area contributed by atoms with Crippen LogP contribution in [0.3, 0.4) is 0 Å². The number of amides is 1. The molecular formula is C11H11BrN2O2S. The Labute approximate surface area is 112 Å². The van der Waals surface area contributed by atoms with Crippen LogP contribution in [-0.4, -0.2) is 28.2 Å². The van der Waals surface area contributed by atoms with Gasteiger partial charge in [0.05, 0.1) is 5.56 Å². The number of aromatic hydroxyl groups is 1. The van der Waals surface area contributed by atoms with Gasteiger partial charge in [0.2, 0.25) is 0 Å². The van der Waals surface area contributed by atoms with E-state index in [4.69, 9.17) is 0 Å². The van der Waals surface area contributed by atoms with Gasteiger partial charge in [0.25, 0.3) is 5.91 Å². The van der Waals surface area contributed by atoms with Gasteiger partial charge in [-0.3, -0.25) is 4.79 Å². The first-order chi connectivity index (χ1) is 8.16. The smallest absolute Gasteiger partial charge is 0.275 e. The first-order valence-corrected chi connectivity index (χ1v) is 7.03. The van der Waals surface area contributed by atoms with E-state index in [2.05, 4.69) is 26.5 Å². The first kappa shape index (κ1) is 12.4. The zero-order chi connectivity index (χ0) is 12.3. The van der Waals surface area contributed by atoms with Crippen LogP contribution in [0, 0.1) is 0 Å². The van der Waals surface area contributed by atoms with Crippen LogP contribution in [0.1, 0.15) is 16.8 Å². The molecule has 1 amide bonds. The van der Waals surface area contributed by atoms with E-state index in [1.165, 1.54) is 6.07 Å². The summed E-state index contributed by atoms with van der Waals surface area (Å²) in [5.41, 5.74) is 3.66. The zero-order valence-electron chi connectivity index (χ0n) is 8.94. The molecule has 90 valence electrons. The van der Waals surface area contributed by atoms with E-state index in [1.54, 1.807) is 23.9 Å². The van der Waals surface area contributed by atoms with Gasteiger partial charge in [-0.1, -0.05) is 15.9 Å². The predicted octanol–water partition coefficient (Wildman–Crippen LogP) is 2.38. The van der Waals surface area contributed by atoms with Crippen molar-refractivity contribution in [3.63, 3.8) is 0 Å². The van der Waals surface area contributed by atoms with Crippen molar-refractivity contribution in [1.29, 1.82) is 0 Å². The molecule has 1 saturated heterocycles. The van der Waals surface area contributed by atoms with E-state index < -0.39 is 5.91 Å². The number of rotatable bonds is 2. The number of nitrogens with zero attached hydrogens (tertiary/aromatic N) is 1. The number of thioether (sulfide) groups is 1. The number of benzene rings is 1. The summed E-state index contributed by atoms with van der Waals surface area (Å²) >= 11 is 5.05. The fraction of sp³-hybridized carbons (Fsp3) is 0.273. The summed E-state index contributed by atoms with van der Waals surface area (Å²) in [5, 5.41) is 13.6. The number of carbonyl (C=O) groups excluding carboxylic acids is 1. The van der Waals surface area contributed by atoms with Gasteiger partial charge in [-0.15, -0.1) is 0 Å². The number of phenols is 1. The maximum absolute atomic E-state index is 11.8. The minimum atomic E-state index is -0.395. The van der Waals surface area contributed by atoms with Crippen molar-refractivity contribution in [2.75, 3.05) is 11.5 Å². The van der Waals surface area contributed by atoms with Crippen LogP contribution in [0.4, 0.5) is 0 Å². The molecule has 1 fully saturated rings. The first-order valence-electron chi connectivity index (χ1n) is 5.09. The second-order valence-corrected chi connectivity index (χ2v) is 5.60. The highest BCUT2D eigenvalue weighted by atomic mass is 79.9. The molecular weight excluding hydrogens is 304 g/mol. The number of phenolic OH excluding ortho intramolecular Hbond substituents is 1. The molecule has 2 N–H and O–H groups in total. The summed E-state index contributed by atoms with van der Waals surface area (Å²) in [6, 6.07) is 4.71. The van der Waals surface area contributed by atoms with Crippen molar-refractivity contribution in [1.82, 2.24) is 5.43 Å². The molecule has 0 atom stereocenters. The van der Waals surface area contributed by atoms with Crippen molar-refractivity contribution < 1.29 is 9.90 Å². The molecule has 0 saturated carbocycles. The van der Waals surface area contributed by atoms with Crippen LogP contribution in [0.5, 0.6) is 5.75 Å². The minimum absolute atomic E-state index is 0.0494. The van der Waals surface area contributed by atoms with E-state index in [1.807, 2.05) is 0 Å². The summed E-state index contributed by atoms with van der Waals surface area (Å²) in [7, 11) is 0. The van der Waals surface area contributed by atoms with Crippen LogP contribution in [0.15, 0.2) is 27.8 Å². The van der Waals surface area contributed by atoms with Crippen molar-refractivity contribution in [2.45, 2.75) is 6.42 Å². The molecule has 1 aromatic rings. The lowest BCUT2D eigenvalue weighted by molar-refractivity contribution is 0.0952. The SMILES string of the molecule is O=C(N/N=C1\CCSC1)c1cc(Br)ccc1O. The molecule has 0 bridgehead atoms. The van der Waals surface area contributed by atoms with Gasteiger partial charge < -0.3 is 5.11 Å². The minimum Gasteiger partial charge on any atom is -0.507 e. The lowest BCUT2D eigenvalue weighted by atomic mass is 10.2. The van der Waals surface area contributed by atoms with Gasteiger partial charge in [0.1, 0.15) is 5.75 Å². The number of carbonyl (C=O) groups is 1. The Kier molecular flexibility index (Phi) is 4.06. The normalized spacial score (nSPS) is 17.4. The third kappa shape index (κ3) is 3.23. The Bertz CT molecular complexity index is 469. The van der Waals surface area contributed by atoms with Crippen molar-refractivity contribution >= 4 is 39.3 Å². The van der Waals surface area contributed by atoms with E-state index in [-0.39, 0.29) is 11.3 Å². The van der Waals surface area contributed by atoms with Gasteiger partial charge in [0, 0.05) is 15.9 Å². The zero-order valence-corrected chi connectivity index (χ0v) is 11.3. The molecule has 2 rings (SSSR count). The Balaban J connectivity index is 2.09. The quantitative estimate of drug-likeness (QED) is 0.824. The molecule has 0 unspecified atom stereocenters. The number of nitrogens with one attached hydrogen (secondary N) is 1. The van der Waals surface area contributed by atoms with Gasteiger partial charge in [-0.25, -0.2) is 5.43 Å². The second kappa shape index (κ2) is 5.55. The monoisotopic (exact) mass is 314 g/mol. The lowest BCUT2D eigenvalue weighted by Gasteiger charge is -2.04. The largest absolute Gasteiger partial charge is 0.507 e. The number of hydrogen-bond donors (Lipinski definition) is 2. The highest BCUT2D eigenvalue weighted by Gasteiger charge is 2.13. The van der Waals surface area contributed by atoms with Gasteiger partial charge in [-0.2, -0.15) is 16.9 Å². The Morgan fingerprint density at radius 2 is 2.35 bits per heavy atom. The number of hydrogen-bond acceptors (Lipinski definition) is 4. The second-order valence-electron chi connectivity index (χ2n) is 3.58. The average molecular weight is 315 g/mol. The average Bonchev–Trinajstić information content (AvgIpc) is 2.82. The number of halogens is 1. The van der Waals surface area contributed by atoms with Gasteiger partial charge >= 0.3 is 0 Å². The predicted molar refractivity (Wildman–Crippen MR) is 72.7 cm³/mol. The molecule has 1 heterocycles. The molecule has 1 aliphatic rings. The summed E-state index contributed by atoms with van der Waals surface area (Å²) in [4.78, 5) is 11.8. The fourth-order valence-electron chi connectivity index (χ4n) is 1.42. The third-order valence-corrected chi connectivity index (χ3v) is 3.85. The highest BCUT2D eigenvalue weighted by Crippen LogP contribution is 2.21. The van der Waals surface area contributed by atoms with Crippen LogP contribution in [0.2, 0.25) is 0 Å². The molecule has 1 aromatic carbocycles. The summed E-state index contributed by atoms with van der Waals surface area (Å²) in [6.07, 6.45) is 0.912. The van der Waals surface area contributed by atoms with E-state index in [9.17, 15) is 9.90 Å². The van der Waals surface area contributed by atoms with Crippen LogP contribution >= 0.6 is 27.7 Å². The summed E-state index contributed by atoms with van der Waals surface area (Å²) in [6.45, 7) is 0. The van der Waals surface area contributed by atoms with Crippen molar-refractivity contribution in [3.05, 3.63) is 28.2 Å². The van der Waals surface area contributed by atoms with E-state index in [0.717, 1.165) is 28.1 Å². The summed E-state index contributed by atoms with van der Waals surface area (Å²) < 4.78 is 0.740. The Morgan fingerprint density at radius 1 is 1.53 bits per heavy atom.